The Hall–Kier alpha value is -0.870. The van der Waals surface area contributed by atoms with Gasteiger partial charge in [0, 0.05) is 11.0 Å². The van der Waals surface area contributed by atoms with E-state index in [4.69, 9.17) is 5.73 Å². The van der Waals surface area contributed by atoms with Gasteiger partial charge in [-0.25, -0.2) is 0 Å². The van der Waals surface area contributed by atoms with Gasteiger partial charge >= 0.3 is 0 Å². The molecule has 0 aliphatic carbocycles. The van der Waals surface area contributed by atoms with E-state index in [1.165, 1.54) is 0 Å². The number of amides is 1. The van der Waals surface area contributed by atoms with Gasteiger partial charge in [0.25, 0.3) is 0 Å². The largest absolute Gasteiger partial charge is 0.335 e. The van der Waals surface area contributed by atoms with Gasteiger partial charge < -0.3 is 10.6 Å². The summed E-state index contributed by atoms with van der Waals surface area (Å²) in [6.07, 6.45) is 3.75. The van der Waals surface area contributed by atoms with E-state index in [9.17, 15) is 4.79 Å². The van der Waals surface area contributed by atoms with Crippen molar-refractivity contribution in [3.63, 3.8) is 0 Å². The zero-order valence-corrected chi connectivity index (χ0v) is 14.9. The van der Waals surface area contributed by atoms with Crippen LogP contribution < -0.4 is 5.73 Å². The van der Waals surface area contributed by atoms with Gasteiger partial charge in [-0.1, -0.05) is 60.8 Å². The molecule has 0 aliphatic rings. The highest BCUT2D eigenvalue weighted by molar-refractivity contribution is 9.10. The van der Waals surface area contributed by atoms with Gasteiger partial charge in [0.1, 0.15) is 0 Å². The van der Waals surface area contributed by atoms with E-state index < -0.39 is 0 Å². The molecule has 2 N–H and O–H groups in total. The van der Waals surface area contributed by atoms with Crippen LogP contribution in [0.5, 0.6) is 0 Å². The molecular formula is C17H27BrN2O. The van der Waals surface area contributed by atoms with Crippen molar-refractivity contribution in [2.45, 2.75) is 58.5 Å². The Bertz CT molecular complexity index is 450. The van der Waals surface area contributed by atoms with Crippen LogP contribution in [-0.2, 0) is 4.79 Å². The number of carbonyl (C=O) groups excluding carboxylic acids is 1. The van der Waals surface area contributed by atoms with Crippen molar-refractivity contribution >= 4 is 21.8 Å². The second-order valence-corrected chi connectivity index (χ2v) is 6.33. The first-order valence-electron chi connectivity index (χ1n) is 7.83. The monoisotopic (exact) mass is 354 g/mol. The molecule has 0 bridgehead atoms. The summed E-state index contributed by atoms with van der Waals surface area (Å²) in [6, 6.07) is 7.70. The highest BCUT2D eigenvalue weighted by atomic mass is 79.9. The van der Waals surface area contributed by atoms with Crippen molar-refractivity contribution in [3.05, 3.63) is 34.3 Å². The number of carbonyl (C=O) groups is 1. The molecule has 2 unspecified atom stereocenters. The van der Waals surface area contributed by atoms with Gasteiger partial charge in [-0.2, -0.15) is 0 Å². The number of hydrogen-bond acceptors (Lipinski definition) is 2. The van der Waals surface area contributed by atoms with Gasteiger partial charge in [0.2, 0.25) is 5.91 Å². The second-order valence-electron chi connectivity index (χ2n) is 5.48. The minimum atomic E-state index is -0.388. The fraction of sp³-hybridized carbons (Fsp3) is 0.588. The van der Waals surface area contributed by atoms with Crippen molar-refractivity contribution in [3.8, 4) is 0 Å². The molecule has 0 spiro atoms. The molecule has 0 saturated heterocycles. The third-order valence-corrected chi connectivity index (χ3v) is 4.48. The zero-order valence-electron chi connectivity index (χ0n) is 13.3. The molecule has 0 fully saturated rings. The van der Waals surface area contributed by atoms with Gasteiger partial charge in [-0.05, 0) is 31.4 Å². The van der Waals surface area contributed by atoms with E-state index in [0.717, 1.165) is 42.3 Å². The summed E-state index contributed by atoms with van der Waals surface area (Å²) in [5, 5.41) is 0. The van der Waals surface area contributed by atoms with E-state index in [2.05, 4.69) is 42.8 Å². The third kappa shape index (κ3) is 5.11. The lowest BCUT2D eigenvalue weighted by Crippen LogP contribution is -2.45. The van der Waals surface area contributed by atoms with Crippen LogP contribution in [0.1, 0.15) is 58.1 Å². The average Bonchev–Trinajstić information content (AvgIpc) is 2.49. The molecule has 2 atom stereocenters. The van der Waals surface area contributed by atoms with Crippen LogP contribution >= 0.6 is 15.9 Å². The molecule has 21 heavy (non-hydrogen) atoms. The first-order chi connectivity index (χ1) is 10.0. The van der Waals surface area contributed by atoms with E-state index in [-0.39, 0.29) is 18.0 Å². The molecule has 1 aromatic carbocycles. The zero-order chi connectivity index (χ0) is 15.8. The SMILES string of the molecule is CCCCC(N)C(=O)N(CCC)C(C)c1ccccc1Br. The minimum absolute atomic E-state index is 0.0284. The molecule has 0 heterocycles. The Morgan fingerprint density at radius 1 is 1.29 bits per heavy atom. The number of halogens is 1. The lowest BCUT2D eigenvalue weighted by Gasteiger charge is -2.32. The van der Waals surface area contributed by atoms with E-state index in [1.807, 2.05) is 23.1 Å². The Balaban J connectivity index is 2.90. The molecule has 1 rings (SSSR count). The number of benzene rings is 1. The quantitative estimate of drug-likeness (QED) is 0.757. The normalized spacial score (nSPS) is 13.8. The summed E-state index contributed by atoms with van der Waals surface area (Å²) in [7, 11) is 0. The summed E-state index contributed by atoms with van der Waals surface area (Å²) in [5.74, 6) is 0.0635. The van der Waals surface area contributed by atoms with Gasteiger partial charge in [0.15, 0.2) is 0 Å². The van der Waals surface area contributed by atoms with Crippen molar-refractivity contribution < 1.29 is 4.79 Å². The lowest BCUT2D eigenvalue weighted by molar-refractivity contribution is -0.135. The fourth-order valence-corrected chi connectivity index (χ4v) is 3.09. The summed E-state index contributed by atoms with van der Waals surface area (Å²) >= 11 is 3.58. The number of hydrogen-bond donors (Lipinski definition) is 1. The Kier molecular flexibility index (Phi) is 7.97. The van der Waals surface area contributed by atoms with Crippen LogP contribution in [0.2, 0.25) is 0 Å². The first kappa shape index (κ1) is 18.2. The molecular weight excluding hydrogens is 328 g/mol. The second kappa shape index (κ2) is 9.21. The molecule has 0 aromatic heterocycles. The van der Waals surface area contributed by atoms with E-state index >= 15 is 0 Å². The van der Waals surface area contributed by atoms with Crippen LogP contribution in [0.3, 0.4) is 0 Å². The predicted octanol–water partition coefficient (Wildman–Crippen LogP) is 4.27. The van der Waals surface area contributed by atoms with Crippen LogP contribution in [0.25, 0.3) is 0 Å². The number of rotatable bonds is 8. The van der Waals surface area contributed by atoms with E-state index in [0.29, 0.717) is 0 Å². The molecule has 1 amide bonds. The van der Waals surface area contributed by atoms with E-state index in [1.54, 1.807) is 0 Å². The fourth-order valence-electron chi connectivity index (χ4n) is 2.48. The van der Waals surface area contributed by atoms with Crippen LogP contribution in [0.4, 0.5) is 0 Å². The van der Waals surface area contributed by atoms with Crippen LogP contribution in [0, 0.1) is 0 Å². The highest BCUT2D eigenvalue weighted by Gasteiger charge is 2.26. The molecule has 4 heteroatoms. The first-order valence-corrected chi connectivity index (χ1v) is 8.62. The predicted molar refractivity (Wildman–Crippen MR) is 92.1 cm³/mol. The van der Waals surface area contributed by atoms with Crippen molar-refractivity contribution in [2.75, 3.05) is 6.54 Å². The minimum Gasteiger partial charge on any atom is -0.335 e. The summed E-state index contributed by atoms with van der Waals surface area (Å²) in [6.45, 7) is 7.01. The van der Waals surface area contributed by atoms with Gasteiger partial charge in [-0.3, -0.25) is 4.79 Å². The maximum Gasteiger partial charge on any atom is 0.239 e. The summed E-state index contributed by atoms with van der Waals surface area (Å²) in [4.78, 5) is 14.6. The smallest absolute Gasteiger partial charge is 0.239 e. The molecule has 0 aliphatic heterocycles. The maximum atomic E-state index is 12.7. The highest BCUT2D eigenvalue weighted by Crippen LogP contribution is 2.28. The van der Waals surface area contributed by atoms with Gasteiger partial charge in [-0.15, -0.1) is 0 Å². The van der Waals surface area contributed by atoms with Crippen LogP contribution in [-0.4, -0.2) is 23.4 Å². The maximum absolute atomic E-state index is 12.7. The lowest BCUT2D eigenvalue weighted by atomic mass is 10.0. The Morgan fingerprint density at radius 3 is 2.52 bits per heavy atom. The molecule has 3 nitrogen and oxygen atoms in total. The topological polar surface area (TPSA) is 46.3 Å². The molecule has 0 saturated carbocycles. The molecule has 1 aromatic rings. The van der Waals surface area contributed by atoms with Crippen molar-refractivity contribution in [1.29, 1.82) is 0 Å². The Morgan fingerprint density at radius 2 is 1.95 bits per heavy atom. The third-order valence-electron chi connectivity index (χ3n) is 3.76. The van der Waals surface area contributed by atoms with Crippen molar-refractivity contribution in [1.82, 2.24) is 4.90 Å². The molecule has 0 radical (unpaired) electrons. The average molecular weight is 355 g/mol. The van der Waals surface area contributed by atoms with Crippen LogP contribution in [0.15, 0.2) is 28.7 Å². The summed E-state index contributed by atoms with van der Waals surface area (Å²) in [5.41, 5.74) is 7.21. The van der Waals surface area contributed by atoms with Gasteiger partial charge in [0.05, 0.1) is 12.1 Å². The molecule has 118 valence electrons. The number of nitrogens with two attached hydrogens (primary N) is 1. The Labute approximate surface area is 137 Å². The standard InChI is InChI=1S/C17H27BrN2O/c1-4-6-11-16(19)17(21)20(12-5-2)13(3)14-9-7-8-10-15(14)18/h7-10,13,16H,4-6,11-12,19H2,1-3H3. The van der Waals surface area contributed by atoms with Crippen molar-refractivity contribution in [2.24, 2.45) is 5.73 Å². The number of nitrogens with zero attached hydrogens (tertiary/aromatic N) is 1. The number of unbranched alkanes of at least 4 members (excludes halogenated alkanes) is 1. The summed E-state index contributed by atoms with van der Waals surface area (Å²) < 4.78 is 1.04.